The zero-order chi connectivity index (χ0) is 33.2. The molecule has 2 unspecified atom stereocenters. The van der Waals surface area contributed by atoms with E-state index in [2.05, 4.69) is 13.8 Å². The van der Waals surface area contributed by atoms with E-state index in [0.29, 0.717) is 19.4 Å². The maximum Gasteiger partial charge on any atom is 0.472 e. The Morgan fingerprint density at radius 2 is 0.600 bits per heavy atom. The molecule has 0 rings (SSSR count). The van der Waals surface area contributed by atoms with Crippen molar-refractivity contribution in [2.75, 3.05) is 26.0 Å². The van der Waals surface area contributed by atoms with Crippen molar-refractivity contribution >= 4 is 15.4 Å². The Hall–Kier alpha value is 0.260. The molecule has 0 aromatic heterocycles. The molecule has 9 heteroatoms. The van der Waals surface area contributed by atoms with Gasteiger partial charge in [0.25, 0.3) is 0 Å². The molecule has 0 bridgehead atoms. The summed E-state index contributed by atoms with van der Waals surface area (Å²) in [7, 11) is -7.69. The topological polar surface area (TPSA) is 102 Å². The molecule has 0 radical (unpaired) electrons. The van der Waals surface area contributed by atoms with Crippen LogP contribution in [0.4, 0.5) is 0 Å². The highest BCUT2D eigenvalue weighted by Gasteiger charge is 2.22. The average Bonchev–Trinajstić information content (AvgIpc) is 3.00. The van der Waals surface area contributed by atoms with Crippen molar-refractivity contribution in [1.82, 2.24) is 0 Å². The minimum Gasteiger partial charge on any atom is -0.324 e. The Bertz CT molecular complexity index is 636. The van der Waals surface area contributed by atoms with Crippen LogP contribution in [0.5, 0.6) is 0 Å². The molecule has 45 heavy (non-hydrogen) atoms. The average molecular weight is 683 g/mol. The van der Waals surface area contributed by atoms with Gasteiger partial charge in [-0.3, -0.25) is 13.6 Å². The van der Waals surface area contributed by atoms with Crippen LogP contribution in [0.1, 0.15) is 206 Å². The lowest BCUT2D eigenvalue weighted by molar-refractivity contribution is 0.145. The number of rotatable bonds is 38. The molecule has 7 nitrogen and oxygen atoms in total. The number of hydrogen-bond donors (Lipinski definition) is 2. The number of hydrogen-bond acceptors (Lipinski definition) is 5. The normalized spacial score (nSPS) is 14.5. The van der Waals surface area contributed by atoms with Gasteiger partial charge in [0.15, 0.2) is 0 Å². The summed E-state index contributed by atoms with van der Waals surface area (Å²) in [6.45, 7) is 5.06. The van der Waals surface area contributed by atoms with Gasteiger partial charge in [-0.1, -0.05) is 181 Å². The minimum absolute atomic E-state index is 0.0193. The molecule has 0 saturated heterocycles. The van der Waals surface area contributed by atoms with Crippen molar-refractivity contribution in [3.05, 3.63) is 0 Å². The fourth-order valence-corrected chi connectivity index (χ4v) is 7.64. The van der Waals surface area contributed by atoms with Crippen LogP contribution in [0.2, 0.25) is 0 Å². The van der Waals surface area contributed by atoms with Crippen LogP contribution in [0.15, 0.2) is 0 Å². The molecular formula is C36H76O7P2. The van der Waals surface area contributed by atoms with Crippen molar-refractivity contribution < 1.29 is 32.5 Å². The largest absolute Gasteiger partial charge is 0.472 e. The monoisotopic (exact) mass is 683 g/mol. The van der Waals surface area contributed by atoms with Crippen LogP contribution in [0, 0.1) is 0 Å². The summed E-state index contributed by atoms with van der Waals surface area (Å²) in [5, 5.41) is 0. The zero-order valence-corrected chi connectivity index (χ0v) is 31.7. The van der Waals surface area contributed by atoms with Gasteiger partial charge in [0.1, 0.15) is 0 Å². The van der Waals surface area contributed by atoms with E-state index < -0.39 is 15.4 Å². The van der Waals surface area contributed by atoms with Crippen LogP contribution in [-0.2, 0) is 22.7 Å². The molecule has 0 heterocycles. The van der Waals surface area contributed by atoms with Gasteiger partial charge in [-0.2, -0.15) is 0 Å². The van der Waals surface area contributed by atoms with E-state index in [-0.39, 0.29) is 19.4 Å². The van der Waals surface area contributed by atoms with Crippen molar-refractivity contribution in [2.24, 2.45) is 0 Å². The van der Waals surface area contributed by atoms with Gasteiger partial charge in [-0.05, 0) is 25.7 Å². The van der Waals surface area contributed by atoms with Gasteiger partial charge in [-0.25, -0.2) is 4.57 Å². The van der Waals surface area contributed by atoms with Crippen LogP contribution in [0.25, 0.3) is 0 Å². The SMILES string of the molecule is CCCCCCCCCCCCCCCCOP(=O)(O)CCCCOP(=O)(O)OCCCCCCCCCCCCCCCC. The molecule has 0 aliphatic rings. The van der Waals surface area contributed by atoms with Crippen molar-refractivity contribution in [1.29, 1.82) is 0 Å². The summed E-state index contributed by atoms with van der Waals surface area (Å²) in [5.41, 5.74) is 0. The Labute approximate surface area is 279 Å². The lowest BCUT2D eigenvalue weighted by atomic mass is 10.0. The molecule has 0 spiro atoms. The van der Waals surface area contributed by atoms with E-state index in [1.807, 2.05) is 0 Å². The fraction of sp³-hybridized carbons (Fsp3) is 1.00. The first-order valence-corrected chi connectivity index (χ1v) is 22.7. The fourth-order valence-electron chi connectivity index (χ4n) is 5.68. The van der Waals surface area contributed by atoms with Gasteiger partial charge in [0.05, 0.1) is 26.0 Å². The summed E-state index contributed by atoms with van der Waals surface area (Å²) < 4.78 is 39.7. The van der Waals surface area contributed by atoms with Crippen LogP contribution in [0.3, 0.4) is 0 Å². The molecule has 0 amide bonds. The molecule has 0 aliphatic heterocycles. The highest BCUT2D eigenvalue weighted by atomic mass is 31.2. The predicted molar refractivity (Wildman–Crippen MR) is 192 cm³/mol. The Kier molecular flexibility index (Phi) is 34.3. The number of phosphoric ester groups is 1. The zero-order valence-electron chi connectivity index (χ0n) is 29.9. The third kappa shape index (κ3) is 36.9. The first-order chi connectivity index (χ1) is 21.8. The summed E-state index contributed by atoms with van der Waals surface area (Å²) in [6.07, 6.45) is 36.2. The molecule has 0 aromatic rings. The number of unbranched alkanes of at least 4 members (excludes halogenated alkanes) is 27. The van der Waals surface area contributed by atoms with E-state index in [9.17, 15) is 18.9 Å². The Morgan fingerprint density at radius 1 is 0.356 bits per heavy atom. The lowest BCUT2D eigenvalue weighted by Crippen LogP contribution is -2.01. The number of phosphoric acid groups is 1. The smallest absolute Gasteiger partial charge is 0.324 e. The Balaban J connectivity index is 3.49. The summed E-state index contributed by atoms with van der Waals surface area (Å²) in [4.78, 5) is 19.9. The second-order valence-corrected chi connectivity index (χ2v) is 16.7. The highest BCUT2D eigenvalue weighted by molar-refractivity contribution is 7.52. The maximum absolute atomic E-state index is 12.2. The van der Waals surface area contributed by atoms with E-state index >= 15 is 0 Å². The summed E-state index contributed by atoms with van der Waals surface area (Å²) in [6, 6.07) is 0. The van der Waals surface area contributed by atoms with Crippen molar-refractivity contribution in [2.45, 2.75) is 206 Å². The standard InChI is InChI=1S/C36H76O7P2/c1-3-5-7-9-11-13-15-17-19-21-23-25-27-29-33-41-44(37,38)36-32-31-35-43-45(39,40)42-34-30-28-26-24-22-20-18-16-14-12-10-8-6-4-2/h3-36H2,1-2H3,(H,37,38)(H,39,40). The van der Waals surface area contributed by atoms with Gasteiger partial charge < -0.3 is 14.3 Å². The van der Waals surface area contributed by atoms with Crippen molar-refractivity contribution in [3.63, 3.8) is 0 Å². The van der Waals surface area contributed by atoms with Gasteiger partial charge in [0, 0.05) is 0 Å². The van der Waals surface area contributed by atoms with Crippen LogP contribution in [-0.4, -0.2) is 35.8 Å². The summed E-state index contributed by atoms with van der Waals surface area (Å²) in [5.74, 6) is 0. The molecular weight excluding hydrogens is 606 g/mol. The van der Waals surface area contributed by atoms with E-state index in [0.717, 1.165) is 38.5 Å². The second-order valence-electron chi connectivity index (χ2n) is 13.2. The molecule has 0 saturated carbocycles. The van der Waals surface area contributed by atoms with Crippen molar-refractivity contribution in [3.8, 4) is 0 Å². The highest BCUT2D eigenvalue weighted by Crippen LogP contribution is 2.45. The molecule has 0 fully saturated rings. The third-order valence-electron chi connectivity index (χ3n) is 8.63. The third-order valence-corrected chi connectivity index (χ3v) is 11.1. The van der Waals surface area contributed by atoms with Crippen LogP contribution >= 0.6 is 15.4 Å². The maximum atomic E-state index is 12.2. The molecule has 2 atom stereocenters. The van der Waals surface area contributed by atoms with Gasteiger partial charge in [-0.15, -0.1) is 0 Å². The molecule has 2 N–H and O–H groups in total. The predicted octanol–water partition coefficient (Wildman–Crippen LogP) is 13.1. The molecule has 272 valence electrons. The van der Waals surface area contributed by atoms with Crippen LogP contribution < -0.4 is 0 Å². The quantitative estimate of drug-likeness (QED) is 0.0493. The summed E-state index contributed by atoms with van der Waals surface area (Å²) >= 11 is 0. The first kappa shape index (κ1) is 45.3. The van der Waals surface area contributed by atoms with E-state index in [1.165, 1.54) is 141 Å². The molecule has 0 aromatic carbocycles. The van der Waals surface area contributed by atoms with Gasteiger partial charge >= 0.3 is 15.4 Å². The first-order valence-electron chi connectivity index (χ1n) is 19.4. The Morgan fingerprint density at radius 3 is 0.911 bits per heavy atom. The minimum atomic E-state index is -4.07. The van der Waals surface area contributed by atoms with E-state index in [1.54, 1.807) is 0 Å². The van der Waals surface area contributed by atoms with E-state index in [4.69, 9.17) is 13.6 Å². The molecule has 0 aliphatic carbocycles. The lowest BCUT2D eigenvalue weighted by Gasteiger charge is -2.14. The second kappa shape index (κ2) is 34.1. The van der Waals surface area contributed by atoms with Gasteiger partial charge in [0.2, 0.25) is 0 Å².